The molecule has 0 saturated carbocycles. The second kappa shape index (κ2) is 5.40. The first kappa shape index (κ1) is 12.9. The monoisotopic (exact) mass is 260 g/mol. The van der Waals surface area contributed by atoms with Gasteiger partial charge in [-0.2, -0.15) is 17.7 Å². The second-order valence-corrected chi connectivity index (χ2v) is 4.52. The number of rotatable bonds is 3. The van der Waals surface area contributed by atoms with Crippen molar-refractivity contribution < 1.29 is 0 Å². The Kier molecular flexibility index (Phi) is 3.87. The fraction of sp³-hybridized carbons (Fsp3) is 0.286. The first-order chi connectivity index (χ1) is 8.65. The van der Waals surface area contributed by atoms with E-state index in [2.05, 4.69) is 17.7 Å². The maximum atomic E-state index is 11.9. The Morgan fingerprint density at radius 1 is 1.28 bits per heavy atom. The van der Waals surface area contributed by atoms with Gasteiger partial charge in [0.2, 0.25) is 0 Å². The highest BCUT2D eigenvalue weighted by Crippen LogP contribution is 2.17. The lowest BCUT2D eigenvalue weighted by atomic mass is 10.1. The second-order valence-electron chi connectivity index (χ2n) is 4.20. The molecule has 0 atom stereocenters. The Hall–Kier alpha value is -1.55. The van der Waals surface area contributed by atoms with Crippen LogP contribution in [0.3, 0.4) is 0 Å². The van der Waals surface area contributed by atoms with E-state index in [1.165, 1.54) is 10.2 Å². The fourth-order valence-electron chi connectivity index (χ4n) is 1.79. The zero-order valence-corrected chi connectivity index (χ0v) is 11.4. The third kappa shape index (κ3) is 2.48. The van der Waals surface area contributed by atoms with Gasteiger partial charge in [-0.15, -0.1) is 0 Å². The van der Waals surface area contributed by atoms with Crippen LogP contribution in [0.4, 0.5) is 0 Å². The van der Waals surface area contributed by atoms with E-state index in [1.807, 2.05) is 44.2 Å². The smallest absolute Gasteiger partial charge is 0.267 e. The molecule has 0 radical (unpaired) electrons. The van der Waals surface area contributed by atoms with Crippen LogP contribution in [0.25, 0.3) is 11.3 Å². The van der Waals surface area contributed by atoms with Crippen LogP contribution in [-0.2, 0) is 12.3 Å². The van der Waals surface area contributed by atoms with Gasteiger partial charge in [0.25, 0.3) is 5.56 Å². The summed E-state index contributed by atoms with van der Waals surface area (Å²) in [5.41, 5.74) is 3.68. The number of nitrogens with zero attached hydrogens (tertiary/aromatic N) is 2. The van der Waals surface area contributed by atoms with Crippen molar-refractivity contribution in [2.75, 3.05) is 0 Å². The molecule has 0 aliphatic heterocycles. The highest BCUT2D eigenvalue weighted by molar-refractivity contribution is 7.79. The maximum Gasteiger partial charge on any atom is 0.270 e. The molecule has 1 aromatic heterocycles. The minimum absolute atomic E-state index is 0.0524. The number of aryl methyl sites for hydroxylation is 2. The quantitative estimate of drug-likeness (QED) is 0.861. The number of aromatic nitrogens is 2. The van der Waals surface area contributed by atoms with Crippen molar-refractivity contribution in [1.82, 2.24) is 9.78 Å². The van der Waals surface area contributed by atoms with Crippen molar-refractivity contribution in [1.29, 1.82) is 0 Å². The standard InChI is InChI=1S/C14H16N2OS/c1-3-16-14(17)12(9-18)8-13(15-16)11-6-4-10(2)5-7-11/h4-8,18H,3,9H2,1-2H3. The topological polar surface area (TPSA) is 34.9 Å². The lowest BCUT2D eigenvalue weighted by molar-refractivity contribution is 0.614. The summed E-state index contributed by atoms with van der Waals surface area (Å²) in [7, 11) is 0. The summed E-state index contributed by atoms with van der Waals surface area (Å²) >= 11 is 4.20. The van der Waals surface area contributed by atoms with Crippen molar-refractivity contribution >= 4 is 12.6 Å². The van der Waals surface area contributed by atoms with Gasteiger partial charge >= 0.3 is 0 Å². The lowest BCUT2D eigenvalue weighted by Gasteiger charge is -2.08. The van der Waals surface area contributed by atoms with E-state index in [0.717, 1.165) is 11.3 Å². The molecule has 2 aromatic rings. The molecule has 0 bridgehead atoms. The minimum Gasteiger partial charge on any atom is -0.267 e. The van der Waals surface area contributed by atoms with Gasteiger partial charge in [0.15, 0.2) is 0 Å². The number of hydrogen-bond acceptors (Lipinski definition) is 3. The molecule has 0 aliphatic carbocycles. The van der Waals surface area contributed by atoms with Crippen LogP contribution in [0.2, 0.25) is 0 Å². The van der Waals surface area contributed by atoms with Crippen LogP contribution < -0.4 is 5.56 Å². The molecular formula is C14H16N2OS. The average Bonchev–Trinajstić information content (AvgIpc) is 2.40. The Morgan fingerprint density at radius 2 is 1.94 bits per heavy atom. The number of benzene rings is 1. The van der Waals surface area contributed by atoms with Crippen molar-refractivity contribution in [2.45, 2.75) is 26.1 Å². The van der Waals surface area contributed by atoms with Gasteiger partial charge in [-0.05, 0) is 19.9 Å². The molecule has 3 nitrogen and oxygen atoms in total. The van der Waals surface area contributed by atoms with Crippen molar-refractivity contribution in [3.63, 3.8) is 0 Å². The Labute approximate surface area is 112 Å². The third-order valence-electron chi connectivity index (χ3n) is 2.87. The number of thiol groups is 1. The zero-order chi connectivity index (χ0) is 13.1. The largest absolute Gasteiger partial charge is 0.270 e. The van der Waals surface area contributed by atoms with Crippen LogP contribution in [0.1, 0.15) is 18.1 Å². The van der Waals surface area contributed by atoms with Crippen LogP contribution in [-0.4, -0.2) is 9.78 Å². The van der Waals surface area contributed by atoms with E-state index in [1.54, 1.807) is 0 Å². The Bertz CT molecular complexity index is 574. The summed E-state index contributed by atoms with van der Waals surface area (Å²) in [5, 5.41) is 4.37. The maximum absolute atomic E-state index is 11.9. The van der Waals surface area contributed by atoms with E-state index in [-0.39, 0.29) is 5.56 Å². The van der Waals surface area contributed by atoms with Crippen molar-refractivity contribution in [3.05, 3.63) is 51.8 Å². The van der Waals surface area contributed by atoms with Crippen LogP contribution in [0.15, 0.2) is 35.1 Å². The van der Waals surface area contributed by atoms with Gasteiger partial charge in [-0.3, -0.25) is 4.79 Å². The molecule has 0 unspecified atom stereocenters. The molecule has 4 heteroatoms. The summed E-state index contributed by atoms with van der Waals surface area (Å²) in [6.45, 7) is 4.53. The van der Waals surface area contributed by atoms with E-state index < -0.39 is 0 Å². The Morgan fingerprint density at radius 3 is 2.50 bits per heavy atom. The molecular weight excluding hydrogens is 244 g/mol. The van der Waals surface area contributed by atoms with Gasteiger partial charge < -0.3 is 0 Å². The molecule has 18 heavy (non-hydrogen) atoms. The molecule has 0 spiro atoms. The molecule has 1 heterocycles. The normalized spacial score (nSPS) is 10.6. The first-order valence-corrected chi connectivity index (χ1v) is 6.58. The molecule has 0 N–H and O–H groups in total. The fourth-order valence-corrected chi connectivity index (χ4v) is 2.02. The summed E-state index contributed by atoms with van der Waals surface area (Å²) in [6, 6.07) is 9.94. The van der Waals surface area contributed by atoms with Crippen molar-refractivity contribution in [2.24, 2.45) is 0 Å². The molecule has 0 aliphatic rings. The van der Waals surface area contributed by atoms with Crippen molar-refractivity contribution in [3.8, 4) is 11.3 Å². The molecule has 94 valence electrons. The van der Waals surface area contributed by atoms with Gasteiger partial charge in [-0.25, -0.2) is 4.68 Å². The van der Waals surface area contributed by atoms with Crippen LogP contribution >= 0.6 is 12.6 Å². The summed E-state index contributed by atoms with van der Waals surface area (Å²) < 4.78 is 1.49. The molecule has 2 rings (SSSR count). The zero-order valence-electron chi connectivity index (χ0n) is 10.6. The predicted octanol–water partition coefficient (Wildman–Crippen LogP) is 2.67. The summed E-state index contributed by atoms with van der Waals surface area (Å²) in [4.78, 5) is 11.9. The average molecular weight is 260 g/mol. The van der Waals surface area contributed by atoms with E-state index >= 15 is 0 Å². The predicted molar refractivity (Wildman–Crippen MR) is 77.0 cm³/mol. The lowest BCUT2D eigenvalue weighted by Crippen LogP contribution is -2.25. The van der Waals surface area contributed by atoms with Gasteiger partial charge in [0.1, 0.15) is 0 Å². The first-order valence-electron chi connectivity index (χ1n) is 5.94. The van der Waals surface area contributed by atoms with Gasteiger partial charge in [0, 0.05) is 23.4 Å². The number of hydrogen-bond donors (Lipinski definition) is 1. The summed E-state index contributed by atoms with van der Waals surface area (Å²) in [6.07, 6.45) is 0. The van der Waals surface area contributed by atoms with Gasteiger partial charge in [-0.1, -0.05) is 29.8 Å². The van der Waals surface area contributed by atoms with E-state index in [4.69, 9.17) is 0 Å². The molecule has 0 saturated heterocycles. The van der Waals surface area contributed by atoms with Crippen LogP contribution in [0, 0.1) is 6.92 Å². The SMILES string of the molecule is CCn1nc(-c2ccc(C)cc2)cc(CS)c1=O. The Balaban J connectivity index is 2.57. The highest BCUT2D eigenvalue weighted by atomic mass is 32.1. The third-order valence-corrected chi connectivity index (χ3v) is 3.21. The van der Waals surface area contributed by atoms with Crippen LogP contribution in [0.5, 0.6) is 0 Å². The van der Waals surface area contributed by atoms with E-state index in [0.29, 0.717) is 17.9 Å². The molecule has 0 amide bonds. The van der Waals surface area contributed by atoms with Gasteiger partial charge in [0.05, 0.1) is 5.69 Å². The summed E-state index contributed by atoms with van der Waals surface area (Å²) in [5.74, 6) is 0.431. The molecule has 1 aromatic carbocycles. The molecule has 0 fully saturated rings. The minimum atomic E-state index is -0.0524. The highest BCUT2D eigenvalue weighted by Gasteiger charge is 2.07. The van der Waals surface area contributed by atoms with E-state index in [9.17, 15) is 4.79 Å².